The summed E-state index contributed by atoms with van der Waals surface area (Å²) in [4.78, 5) is 3.70. The number of β-amino-alcohol motifs (C(OH)–C–C–N with tert-alkyl or cyclic N) is 1. The molecule has 1 N–H and O–H groups in total. The van der Waals surface area contributed by atoms with E-state index in [0.29, 0.717) is 5.92 Å². The van der Waals surface area contributed by atoms with Gasteiger partial charge in [-0.15, -0.1) is 11.3 Å². The highest BCUT2D eigenvalue weighted by Crippen LogP contribution is 2.25. The Morgan fingerprint density at radius 3 is 3.00 bits per heavy atom. The van der Waals surface area contributed by atoms with Gasteiger partial charge in [-0.25, -0.2) is 0 Å². The number of rotatable bonds is 2. The number of aliphatic hydroxyl groups excluding tert-OH is 1. The van der Waals surface area contributed by atoms with Crippen molar-refractivity contribution in [1.29, 1.82) is 0 Å². The van der Waals surface area contributed by atoms with Crippen LogP contribution in [0.2, 0.25) is 0 Å². The molecule has 0 aromatic carbocycles. The Kier molecular flexibility index (Phi) is 3.83. The lowest BCUT2D eigenvalue weighted by Gasteiger charge is -2.33. The van der Waals surface area contributed by atoms with E-state index in [1.165, 1.54) is 8.66 Å². The van der Waals surface area contributed by atoms with Crippen molar-refractivity contribution in [2.75, 3.05) is 13.1 Å². The van der Waals surface area contributed by atoms with Gasteiger partial charge in [-0.2, -0.15) is 0 Å². The molecule has 1 aliphatic rings. The van der Waals surface area contributed by atoms with Crippen LogP contribution >= 0.6 is 27.3 Å². The normalized spacial score (nSPS) is 28.2. The SMILES string of the molecule is CC1CCN(Cc2ccc(Br)s2)CC1O. The molecule has 0 aliphatic carbocycles. The summed E-state index contributed by atoms with van der Waals surface area (Å²) in [5.74, 6) is 0.455. The van der Waals surface area contributed by atoms with Crippen LogP contribution in [0.15, 0.2) is 15.9 Å². The van der Waals surface area contributed by atoms with Crippen LogP contribution in [0.1, 0.15) is 18.2 Å². The summed E-state index contributed by atoms with van der Waals surface area (Å²) < 4.78 is 1.18. The quantitative estimate of drug-likeness (QED) is 0.905. The minimum Gasteiger partial charge on any atom is -0.392 e. The summed E-state index contributed by atoms with van der Waals surface area (Å²) in [6, 6.07) is 4.24. The van der Waals surface area contributed by atoms with Gasteiger partial charge in [0, 0.05) is 18.0 Å². The van der Waals surface area contributed by atoms with Gasteiger partial charge in [0.2, 0.25) is 0 Å². The van der Waals surface area contributed by atoms with Crippen molar-refractivity contribution in [2.24, 2.45) is 5.92 Å². The molecule has 1 aromatic rings. The topological polar surface area (TPSA) is 23.5 Å². The van der Waals surface area contributed by atoms with E-state index in [9.17, 15) is 5.11 Å². The van der Waals surface area contributed by atoms with Crippen LogP contribution in [0.3, 0.4) is 0 Å². The first kappa shape index (κ1) is 11.6. The standard InChI is InChI=1S/C11H16BrNOS/c1-8-4-5-13(7-10(8)14)6-9-2-3-11(12)15-9/h2-3,8,10,14H,4-7H2,1H3. The van der Waals surface area contributed by atoms with Gasteiger partial charge in [0.25, 0.3) is 0 Å². The van der Waals surface area contributed by atoms with Gasteiger partial charge >= 0.3 is 0 Å². The molecular weight excluding hydrogens is 274 g/mol. The smallest absolute Gasteiger partial charge is 0.0701 e. The molecule has 0 amide bonds. The van der Waals surface area contributed by atoms with Gasteiger partial charge in [-0.1, -0.05) is 6.92 Å². The van der Waals surface area contributed by atoms with Gasteiger partial charge in [-0.05, 0) is 46.9 Å². The second-order valence-electron chi connectivity index (χ2n) is 4.27. The summed E-state index contributed by atoms with van der Waals surface area (Å²) in [6.45, 7) is 5.02. The minimum absolute atomic E-state index is 0.151. The number of likely N-dealkylation sites (tertiary alicyclic amines) is 1. The van der Waals surface area contributed by atoms with Crippen LogP contribution in [-0.4, -0.2) is 29.2 Å². The van der Waals surface area contributed by atoms with E-state index in [-0.39, 0.29) is 6.10 Å². The maximum absolute atomic E-state index is 9.78. The molecule has 1 aliphatic heterocycles. The first-order valence-electron chi connectivity index (χ1n) is 5.30. The Hall–Kier alpha value is 0.1000. The Labute approximate surface area is 103 Å². The number of thiophene rings is 1. The molecule has 15 heavy (non-hydrogen) atoms. The second kappa shape index (κ2) is 4.95. The number of aliphatic hydroxyl groups is 1. The van der Waals surface area contributed by atoms with E-state index in [2.05, 4.69) is 39.9 Å². The maximum atomic E-state index is 9.78. The predicted molar refractivity (Wildman–Crippen MR) is 67.1 cm³/mol. The van der Waals surface area contributed by atoms with Crippen molar-refractivity contribution in [3.8, 4) is 0 Å². The number of hydrogen-bond acceptors (Lipinski definition) is 3. The highest BCUT2D eigenvalue weighted by Gasteiger charge is 2.24. The number of piperidine rings is 1. The second-order valence-corrected chi connectivity index (χ2v) is 6.82. The first-order valence-corrected chi connectivity index (χ1v) is 6.91. The van der Waals surface area contributed by atoms with Crippen molar-refractivity contribution >= 4 is 27.3 Å². The van der Waals surface area contributed by atoms with Crippen molar-refractivity contribution in [2.45, 2.75) is 26.0 Å². The molecule has 1 saturated heterocycles. The van der Waals surface area contributed by atoms with E-state index in [1.54, 1.807) is 11.3 Å². The molecule has 0 spiro atoms. The molecule has 2 atom stereocenters. The average molecular weight is 290 g/mol. The van der Waals surface area contributed by atoms with Crippen molar-refractivity contribution < 1.29 is 5.11 Å². The van der Waals surface area contributed by atoms with Gasteiger partial charge in [0.15, 0.2) is 0 Å². The molecule has 0 bridgehead atoms. The van der Waals surface area contributed by atoms with E-state index in [0.717, 1.165) is 26.1 Å². The van der Waals surface area contributed by atoms with Crippen LogP contribution in [0, 0.1) is 5.92 Å². The monoisotopic (exact) mass is 289 g/mol. The summed E-state index contributed by atoms with van der Waals surface area (Å²) in [5.41, 5.74) is 0. The molecule has 0 saturated carbocycles. The lowest BCUT2D eigenvalue weighted by atomic mass is 9.96. The first-order chi connectivity index (χ1) is 7.15. The number of halogens is 1. The molecule has 1 aromatic heterocycles. The van der Waals surface area contributed by atoms with Crippen LogP contribution < -0.4 is 0 Å². The lowest BCUT2D eigenvalue weighted by Crippen LogP contribution is -2.42. The van der Waals surface area contributed by atoms with Crippen LogP contribution in [0.25, 0.3) is 0 Å². The van der Waals surface area contributed by atoms with Crippen LogP contribution in [0.4, 0.5) is 0 Å². The lowest BCUT2D eigenvalue weighted by molar-refractivity contribution is 0.0263. The summed E-state index contributed by atoms with van der Waals surface area (Å²) in [5, 5.41) is 9.78. The zero-order chi connectivity index (χ0) is 10.8. The summed E-state index contributed by atoms with van der Waals surface area (Å²) in [7, 11) is 0. The van der Waals surface area contributed by atoms with Gasteiger partial charge in [0.05, 0.1) is 9.89 Å². The number of hydrogen-bond donors (Lipinski definition) is 1. The fourth-order valence-electron chi connectivity index (χ4n) is 1.92. The average Bonchev–Trinajstić information content (AvgIpc) is 2.58. The molecule has 2 rings (SSSR count). The molecule has 4 heteroatoms. The number of nitrogens with zero attached hydrogens (tertiary/aromatic N) is 1. The van der Waals surface area contributed by atoms with Crippen molar-refractivity contribution in [3.63, 3.8) is 0 Å². The highest BCUT2D eigenvalue weighted by molar-refractivity contribution is 9.11. The molecule has 2 nitrogen and oxygen atoms in total. The molecule has 2 heterocycles. The Morgan fingerprint density at radius 1 is 1.60 bits per heavy atom. The van der Waals surface area contributed by atoms with Crippen LogP contribution in [0.5, 0.6) is 0 Å². The summed E-state index contributed by atoms with van der Waals surface area (Å²) in [6.07, 6.45) is 0.954. The Morgan fingerprint density at radius 2 is 2.40 bits per heavy atom. The van der Waals surface area contributed by atoms with E-state index in [4.69, 9.17) is 0 Å². The van der Waals surface area contributed by atoms with E-state index >= 15 is 0 Å². The van der Waals surface area contributed by atoms with Gasteiger partial charge in [0.1, 0.15) is 0 Å². The van der Waals surface area contributed by atoms with Crippen molar-refractivity contribution in [1.82, 2.24) is 4.90 Å². The molecule has 0 radical (unpaired) electrons. The Balaban J connectivity index is 1.90. The predicted octanol–water partition coefficient (Wildman–Crippen LogP) is 2.71. The molecule has 84 valence electrons. The third-order valence-corrected chi connectivity index (χ3v) is 4.62. The largest absolute Gasteiger partial charge is 0.392 e. The fraction of sp³-hybridized carbons (Fsp3) is 0.636. The van der Waals surface area contributed by atoms with E-state index in [1.807, 2.05) is 0 Å². The molecule has 1 fully saturated rings. The van der Waals surface area contributed by atoms with Gasteiger partial charge < -0.3 is 5.11 Å². The summed E-state index contributed by atoms with van der Waals surface area (Å²) >= 11 is 5.25. The third-order valence-electron chi connectivity index (χ3n) is 3.01. The molecule has 2 unspecified atom stereocenters. The van der Waals surface area contributed by atoms with E-state index < -0.39 is 0 Å². The fourth-order valence-corrected chi connectivity index (χ4v) is 3.44. The third kappa shape index (κ3) is 3.03. The van der Waals surface area contributed by atoms with Crippen LogP contribution in [-0.2, 0) is 6.54 Å². The zero-order valence-corrected chi connectivity index (χ0v) is 11.2. The molecular formula is C11H16BrNOS. The van der Waals surface area contributed by atoms with Crippen molar-refractivity contribution in [3.05, 3.63) is 20.8 Å². The maximum Gasteiger partial charge on any atom is 0.0701 e. The highest BCUT2D eigenvalue weighted by atomic mass is 79.9. The Bertz CT molecular complexity index is 328. The zero-order valence-electron chi connectivity index (χ0n) is 8.82. The minimum atomic E-state index is -0.151. The van der Waals surface area contributed by atoms with Gasteiger partial charge in [-0.3, -0.25) is 4.90 Å².